The van der Waals surface area contributed by atoms with Gasteiger partial charge in [0.25, 0.3) is 0 Å². The fourth-order valence-corrected chi connectivity index (χ4v) is 4.62. The molecule has 0 spiro atoms. The third-order valence-electron chi connectivity index (χ3n) is 4.02. The van der Waals surface area contributed by atoms with E-state index in [0.29, 0.717) is 18.6 Å². The van der Waals surface area contributed by atoms with E-state index in [1.807, 2.05) is 0 Å². The predicted octanol–water partition coefficient (Wildman–Crippen LogP) is 0.0735. The number of nitrogens with zero attached hydrogens (tertiary/aromatic N) is 3. The van der Waals surface area contributed by atoms with Crippen molar-refractivity contribution in [3.8, 4) is 0 Å². The lowest BCUT2D eigenvalue weighted by atomic mass is 10.2. The van der Waals surface area contributed by atoms with Crippen LogP contribution in [0.1, 0.15) is 18.9 Å². The number of fused-ring (bicyclic) bond motifs is 1. The molecule has 106 valence electrons. The Hall–Kier alpha value is -1.67. The highest BCUT2D eigenvalue weighted by atomic mass is 32.2. The van der Waals surface area contributed by atoms with Crippen LogP contribution in [-0.2, 0) is 10.0 Å². The molecule has 2 fully saturated rings. The summed E-state index contributed by atoms with van der Waals surface area (Å²) in [5, 5.41) is -0.188. The first-order chi connectivity index (χ1) is 9.57. The van der Waals surface area contributed by atoms with E-state index in [1.54, 1.807) is 23.0 Å². The molecule has 0 atom stereocenters. The molecule has 1 saturated heterocycles. The van der Waals surface area contributed by atoms with E-state index in [-0.39, 0.29) is 17.0 Å². The average molecular weight is 294 g/mol. The Kier molecular flexibility index (Phi) is 2.37. The number of imidazole rings is 1. The summed E-state index contributed by atoms with van der Waals surface area (Å²) >= 11 is 0. The maximum atomic E-state index is 12.1. The Morgan fingerprint density at radius 1 is 1.30 bits per heavy atom. The summed E-state index contributed by atoms with van der Waals surface area (Å²) in [6, 6.07) is 1.68. The summed E-state index contributed by atoms with van der Waals surface area (Å²) in [5.74, 6) is 0. The lowest BCUT2D eigenvalue weighted by Gasteiger charge is -2.38. The molecule has 7 nitrogen and oxygen atoms in total. The Balaban J connectivity index is 1.64. The second-order valence-electron chi connectivity index (χ2n) is 5.41. The molecular weight excluding hydrogens is 280 g/mol. The largest absolute Gasteiger partial charge is 0.326 e. The van der Waals surface area contributed by atoms with Crippen LogP contribution in [0.3, 0.4) is 0 Å². The third-order valence-corrected chi connectivity index (χ3v) is 6.35. The van der Waals surface area contributed by atoms with E-state index in [2.05, 4.69) is 9.97 Å². The van der Waals surface area contributed by atoms with Crippen molar-refractivity contribution in [2.24, 2.45) is 0 Å². The number of aromatic nitrogens is 3. The van der Waals surface area contributed by atoms with Crippen molar-refractivity contribution in [3.05, 3.63) is 28.9 Å². The van der Waals surface area contributed by atoms with Crippen molar-refractivity contribution in [1.29, 1.82) is 0 Å². The maximum absolute atomic E-state index is 12.1. The fraction of sp³-hybridized carbons (Fsp3) is 0.500. The summed E-state index contributed by atoms with van der Waals surface area (Å²) in [6.07, 6.45) is 4.76. The fourth-order valence-electron chi connectivity index (χ4n) is 2.71. The summed E-state index contributed by atoms with van der Waals surface area (Å²) < 4.78 is 27.2. The van der Waals surface area contributed by atoms with Crippen LogP contribution in [0.5, 0.6) is 0 Å². The molecule has 0 bridgehead atoms. The number of rotatable bonds is 3. The van der Waals surface area contributed by atoms with Crippen LogP contribution in [0.25, 0.3) is 11.0 Å². The highest BCUT2D eigenvalue weighted by Gasteiger charge is 2.46. The molecule has 20 heavy (non-hydrogen) atoms. The number of sulfonamides is 1. The van der Waals surface area contributed by atoms with Crippen LogP contribution in [0, 0.1) is 0 Å². The Bertz CT molecular complexity index is 828. The first-order valence-corrected chi connectivity index (χ1v) is 8.11. The van der Waals surface area contributed by atoms with Crippen molar-refractivity contribution in [2.75, 3.05) is 13.1 Å². The second-order valence-corrected chi connectivity index (χ2v) is 7.62. The van der Waals surface area contributed by atoms with Crippen LogP contribution in [-0.4, -0.2) is 45.6 Å². The van der Waals surface area contributed by atoms with E-state index in [0.717, 1.165) is 18.4 Å². The van der Waals surface area contributed by atoms with Gasteiger partial charge in [-0.3, -0.25) is 9.55 Å². The minimum Gasteiger partial charge on any atom is -0.304 e. The Labute approximate surface area is 115 Å². The summed E-state index contributed by atoms with van der Waals surface area (Å²) in [4.78, 5) is 18.7. The predicted molar refractivity (Wildman–Crippen MR) is 72.9 cm³/mol. The van der Waals surface area contributed by atoms with Gasteiger partial charge in [0.05, 0.1) is 28.5 Å². The summed E-state index contributed by atoms with van der Waals surface area (Å²) in [6.45, 7) is 0.766. The van der Waals surface area contributed by atoms with Crippen molar-refractivity contribution in [1.82, 2.24) is 18.8 Å². The van der Waals surface area contributed by atoms with Gasteiger partial charge in [-0.15, -0.1) is 0 Å². The van der Waals surface area contributed by atoms with Gasteiger partial charge >= 0.3 is 5.69 Å². The van der Waals surface area contributed by atoms with Crippen molar-refractivity contribution in [3.63, 3.8) is 0 Å². The molecule has 1 aliphatic heterocycles. The molecule has 3 heterocycles. The van der Waals surface area contributed by atoms with Gasteiger partial charge < -0.3 is 4.98 Å². The van der Waals surface area contributed by atoms with E-state index in [1.165, 1.54) is 4.31 Å². The van der Waals surface area contributed by atoms with Crippen LogP contribution >= 0.6 is 0 Å². The quantitative estimate of drug-likeness (QED) is 0.868. The highest BCUT2D eigenvalue weighted by molar-refractivity contribution is 7.90. The minimum absolute atomic E-state index is 0.0906. The van der Waals surface area contributed by atoms with Gasteiger partial charge in [0.2, 0.25) is 10.0 Å². The molecule has 2 aromatic heterocycles. The molecule has 4 rings (SSSR count). The maximum Gasteiger partial charge on any atom is 0.326 e. The first kappa shape index (κ1) is 12.1. The zero-order valence-corrected chi connectivity index (χ0v) is 11.5. The zero-order valence-electron chi connectivity index (χ0n) is 10.7. The third kappa shape index (κ3) is 1.64. The molecular formula is C12H14N4O3S. The van der Waals surface area contributed by atoms with Crippen LogP contribution in [0.2, 0.25) is 0 Å². The number of hydrogen-bond donors (Lipinski definition) is 1. The molecule has 8 heteroatoms. The molecule has 0 amide bonds. The number of aromatic amines is 1. The topological polar surface area (TPSA) is 88.1 Å². The van der Waals surface area contributed by atoms with E-state index in [4.69, 9.17) is 0 Å². The molecule has 2 aliphatic rings. The van der Waals surface area contributed by atoms with Gasteiger partial charge in [-0.2, -0.15) is 4.31 Å². The van der Waals surface area contributed by atoms with E-state index < -0.39 is 10.0 Å². The highest BCUT2D eigenvalue weighted by Crippen LogP contribution is 2.35. The number of H-pyrrole nitrogens is 1. The van der Waals surface area contributed by atoms with Gasteiger partial charge in [0, 0.05) is 19.3 Å². The van der Waals surface area contributed by atoms with Crippen LogP contribution in [0.15, 0.2) is 23.3 Å². The second kappa shape index (κ2) is 3.92. The smallest absolute Gasteiger partial charge is 0.304 e. The van der Waals surface area contributed by atoms with E-state index in [9.17, 15) is 13.2 Å². The molecule has 0 unspecified atom stereocenters. The molecule has 2 aromatic rings. The number of pyridine rings is 1. The Morgan fingerprint density at radius 2 is 2.05 bits per heavy atom. The molecule has 0 aromatic carbocycles. The van der Waals surface area contributed by atoms with Crippen molar-refractivity contribution >= 4 is 21.1 Å². The molecule has 1 aliphatic carbocycles. The van der Waals surface area contributed by atoms with Gasteiger partial charge in [-0.1, -0.05) is 0 Å². The number of nitrogens with one attached hydrogen (secondary N) is 1. The molecule has 1 saturated carbocycles. The van der Waals surface area contributed by atoms with Gasteiger partial charge in [0.15, 0.2) is 0 Å². The summed E-state index contributed by atoms with van der Waals surface area (Å²) in [7, 11) is -3.12. The SMILES string of the molecule is O=c1[nH]c2cnccc2n1C1CN(S(=O)(=O)C2CC2)C1. The number of hydrogen-bond acceptors (Lipinski definition) is 4. The van der Waals surface area contributed by atoms with Crippen molar-refractivity contribution in [2.45, 2.75) is 24.1 Å². The average Bonchev–Trinajstić information content (AvgIpc) is 3.14. The van der Waals surface area contributed by atoms with Crippen LogP contribution < -0.4 is 5.69 Å². The first-order valence-electron chi connectivity index (χ1n) is 6.60. The van der Waals surface area contributed by atoms with Crippen molar-refractivity contribution < 1.29 is 8.42 Å². The normalized spacial score (nSPS) is 21.2. The van der Waals surface area contributed by atoms with Gasteiger partial charge in [0.1, 0.15) is 0 Å². The zero-order chi connectivity index (χ0) is 13.9. The molecule has 1 N–H and O–H groups in total. The van der Waals surface area contributed by atoms with Crippen LogP contribution in [0.4, 0.5) is 0 Å². The molecule has 0 radical (unpaired) electrons. The summed E-state index contributed by atoms with van der Waals surface area (Å²) in [5.41, 5.74) is 1.25. The lowest BCUT2D eigenvalue weighted by molar-refractivity contribution is 0.204. The Morgan fingerprint density at radius 3 is 2.75 bits per heavy atom. The van der Waals surface area contributed by atoms with Gasteiger partial charge in [-0.25, -0.2) is 13.2 Å². The standard InChI is InChI=1S/C12H14N4O3S/c17-12-14-10-5-13-4-3-11(10)16(12)8-6-15(7-8)20(18,19)9-1-2-9/h3-5,8-9H,1-2,6-7H2,(H,14,17). The van der Waals surface area contributed by atoms with Gasteiger partial charge in [-0.05, 0) is 18.9 Å². The van der Waals surface area contributed by atoms with E-state index >= 15 is 0 Å². The lowest BCUT2D eigenvalue weighted by Crippen LogP contribution is -2.53. The monoisotopic (exact) mass is 294 g/mol. The minimum atomic E-state index is -3.12.